The molecular weight excluding hydrogens is 326 g/mol. The van der Waals surface area contributed by atoms with Crippen molar-refractivity contribution in [2.24, 2.45) is 0 Å². The molecule has 3 heterocycles. The van der Waals surface area contributed by atoms with Gasteiger partial charge < -0.3 is 5.32 Å². The van der Waals surface area contributed by atoms with Gasteiger partial charge in [-0.25, -0.2) is 9.48 Å². The molecular formula is C16H17N5O2S. The molecule has 7 nitrogen and oxygen atoms in total. The summed E-state index contributed by atoms with van der Waals surface area (Å²) in [6.45, 7) is 0.145. The number of imide groups is 1. The van der Waals surface area contributed by atoms with Crippen molar-refractivity contribution in [3.05, 3.63) is 42.2 Å². The molecule has 2 aliphatic rings. The zero-order valence-corrected chi connectivity index (χ0v) is 13.8. The molecule has 8 heteroatoms. The minimum Gasteiger partial charge on any atom is -0.323 e. The Morgan fingerprint density at radius 3 is 2.67 bits per heavy atom. The van der Waals surface area contributed by atoms with Crippen molar-refractivity contribution in [1.29, 1.82) is 0 Å². The van der Waals surface area contributed by atoms with Gasteiger partial charge in [0.05, 0.1) is 18.4 Å². The topological polar surface area (TPSA) is 80.1 Å². The first-order chi connectivity index (χ1) is 11.7. The maximum atomic E-state index is 12.8. The maximum Gasteiger partial charge on any atom is 0.325 e. The number of nitrogens with one attached hydrogen (secondary N) is 1. The van der Waals surface area contributed by atoms with Gasteiger partial charge in [0, 0.05) is 0 Å². The van der Waals surface area contributed by atoms with Crippen LogP contribution in [0.4, 0.5) is 4.79 Å². The number of nitrogens with zero attached hydrogens (tertiary/aromatic N) is 4. The molecule has 124 valence electrons. The molecule has 1 N–H and O–H groups in total. The van der Waals surface area contributed by atoms with E-state index < -0.39 is 5.54 Å². The van der Waals surface area contributed by atoms with Crippen LogP contribution in [0.25, 0.3) is 5.69 Å². The Kier molecular flexibility index (Phi) is 3.76. The summed E-state index contributed by atoms with van der Waals surface area (Å²) >= 11 is 1.82. The van der Waals surface area contributed by atoms with Gasteiger partial charge in [0.1, 0.15) is 11.2 Å². The molecule has 2 aromatic rings. The summed E-state index contributed by atoms with van der Waals surface area (Å²) in [5, 5.41) is 11.1. The number of urea groups is 1. The average molecular weight is 343 g/mol. The molecule has 24 heavy (non-hydrogen) atoms. The van der Waals surface area contributed by atoms with Crippen molar-refractivity contribution < 1.29 is 9.59 Å². The smallest absolute Gasteiger partial charge is 0.323 e. The second-order valence-electron chi connectivity index (χ2n) is 6.01. The lowest BCUT2D eigenvalue weighted by molar-refractivity contribution is -0.132. The van der Waals surface area contributed by atoms with Crippen LogP contribution in [0.1, 0.15) is 18.5 Å². The molecule has 2 saturated heterocycles. The Morgan fingerprint density at radius 2 is 1.92 bits per heavy atom. The number of carbonyl (C=O) groups is 2. The van der Waals surface area contributed by atoms with E-state index in [-0.39, 0.29) is 18.5 Å². The van der Waals surface area contributed by atoms with Gasteiger partial charge in [-0.2, -0.15) is 11.8 Å². The predicted molar refractivity (Wildman–Crippen MR) is 89.7 cm³/mol. The van der Waals surface area contributed by atoms with E-state index in [2.05, 4.69) is 15.6 Å². The molecule has 1 aromatic heterocycles. The average Bonchev–Trinajstić information content (AvgIpc) is 3.16. The van der Waals surface area contributed by atoms with Crippen LogP contribution in [0.15, 0.2) is 36.5 Å². The first kappa shape index (κ1) is 15.2. The quantitative estimate of drug-likeness (QED) is 0.856. The summed E-state index contributed by atoms with van der Waals surface area (Å²) in [6.07, 6.45) is 3.13. The van der Waals surface area contributed by atoms with E-state index in [1.165, 1.54) is 4.90 Å². The Balaban J connectivity index is 1.52. The van der Waals surface area contributed by atoms with Crippen LogP contribution in [0.2, 0.25) is 0 Å². The Hall–Kier alpha value is -2.35. The lowest BCUT2D eigenvalue weighted by atomic mass is 9.92. The summed E-state index contributed by atoms with van der Waals surface area (Å²) in [5.74, 6) is 1.65. The Morgan fingerprint density at radius 1 is 1.17 bits per heavy atom. The SMILES string of the molecule is O=C1NC2(CCSCC2)C(=O)N1Cc1cn(-c2ccccc2)nn1. The van der Waals surface area contributed by atoms with Crippen molar-refractivity contribution in [3.63, 3.8) is 0 Å². The molecule has 0 saturated carbocycles. The standard InChI is InChI=1S/C16H17N5O2S/c22-14-16(6-8-24-9-7-16)17-15(23)20(14)10-12-11-21(19-18-12)13-4-2-1-3-5-13/h1-5,11H,6-10H2,(H,17,23). The fourth-order valence-electron chi connectivity index (χ4n) is 3.12. The van der Waals surface area contributed by atoms with Gasteiger partial charge in [0.2, 0.25) is 0 Å². The second-order valence-corrected chi connectivity index (χ2v) is 7.23. The molecule has 0 unspecified atom stereocenters. The van der Waals surface area contributed by atoms with E-state index in [4.69, 9.17) is 0 Å². The van der Waals surface area contributed by atoms with E-state index in [1.54, 1.807) is 10.9 Å². The lowest BCUT2D eigenvalue weighted by Gasteiger charge is -2.30. The zero-order chi connectivity index (χ0) is 16.6. The van der Waals surface area contributed by atoms with Crippen LogP contribution in [0.5, 0.6) is 0 Å². The summed E-state index contributed by atoms with van der Waals surface area (Å²) in [5.41, 5.74) is 0.761. The van der Waals surface area contributed by atoms with Gasteiger partial charge in [-0.3, -0.25) is 9.69 Å². The summed E-state index contributed by atoms with van der Waals surface area (Å²) in [4.78, 5) is 26.3. The minimum absolute atomic E-state index is 0.137. The Bertz CT molecular complexity index is 770. The molecule has 0 aliphatic carbocycles. The third kappa shape index (κ3) is 2.56. The zero-order valence-electron chi connectivity index (χ0n) is 13.0. The van der Waals surface area contributed by atoms with E-state index in [1.807, 2.05) is 42.1 Å². The number of rotatable bonds is 3. The number of benzene rings is 1. The van der Waals surface area contributed by atoms with Gasteiger partial charge in [0.25, 0.3) is 5.91 Å². The van der Waals surface area contributed by atoms with Gasteiger partial charge >= 0.3 is 6.03 Å². The number of hydrogen-bond acceptors (Lipinski definition) is 5. The number of carbonyl (C=O) groups excluding carboxylic acids is 2. The fraction of sp³-hybridized carbons (Fsp3) is 0.375. The van der Waals surface area contributed by atoms with Crippen LogP contribution in [-0.2, 0) is 11.3 Å². The van der Waals surface area contributed by atoms with Crippen molar-refractivity contribution in [3.8, 4) is 5.69 Å². The largest absolute Gasteiger partial charge is 0.325 e. The molecule has 1 spiro atoms. The third-order valence-electron chi connectivity index (χ3n) is 4.47. The number of thioether (sulfide) groups is 1. The van der Waals surface area contributed by atoms with Gasteiger partial charge in [-0.1, -0.05) is 23.4 Å². The molecule has 2 aliphatic heterocycles. The van der Waals surface area contributed by atoms with Crippen LogP contribution >= 0.6 is 11.8 Å². The summed E-state index contributed by atoms with van der Waals surface area (Å²) < 4.78 is 1.64. The lowest BCUT2D eigenvalue weighted by Crippen LogP contribution is -2.49. The van der Waals surface area contributed by atoms with Crippen LogP contribution in [-0.4, -0.2) is 48.9 Å². The van der Waals surface area contributed by atoms with Gasteiger partial charge in [-0.15, -0.1) is 5.10 Å². The summed E-state index contributed by atoms with van der Waals surface area (Å²) in [6, 6.07) is 9.26. The highest BCUT2D eigenvalue weighted by Gasteiger charge is 2.51. The van der Waals surface area contributed by atoms with E-state index in [0.29, 0.717) is 18.5 Å². The maximum absolute atomic E-state index is 12.8. The molecule has 0 bridgehead atoms. The van der Waals surface area contributed by atoms with Crippen molar-refractivity contribution >= 4 is 23.7 Å². The van der Waals surface area contributed by atoms with Crippen molar-refractivity contribution in [1.82, 2.24) is 25.2 Å². The van der Waals surface area contributed by atoms with Crippen LogP contribution < -0.4 is 5.32 Å². The molecule has 2 fully saturated rings. The van der Waals surface area contributed by atoms with Crippen molar-refractivity contribution in [2.75, 3.05) is 11.5 Å². The number of hydrogen-bond donors (Lipinski definition) is 1. The third-order valence-corrected chi connectivity index (χ3v) is 5.46. The van der Waals surface area contributed by atoms with E-state index in [9.17, 15) is 9.59 Å². The highest BCUT2D eigenvalue weighted by molar-refractivity contribution is 7.99. The van der Waals surface area contributed by atoms with E-state index in [0.717, 1.165) is 17.2 Å². The van der Waals surface area contributed by atoms with Gasteiger partial charge in [-0.05, 0) is 36.5 Å². The normalized spacial score (nSPS) is 19.8. The molecule has 3 amide bonds. The second kappa shape index (κ2) is 5.94. The molecule has 0 radical (unpaired) electrons. The predicted octanol–water partition coefficient (Wildman–Crippen LogP) is 1.58. The summed E-state index contributed by atoms with van der Waals surface area (Å²) in [7, 11) is 0. The number of para-hydroxylation sites is 1. The van der Waals surface area contributed by atoms with Crippen LogP contribution in [0.3, 0.4) is 0 Å². The first-order valence-corrected chi connectivity index (χ1v) is 9.02. The molecule has 4 rings (SSSR count). The highest BCUT2D eigenvalue weighted by atomic mass is 32.2. The first-order valence-electron chi connectivity index (χ1n) is 7.86. The number of aromatic nitrogens is 3. The number of amides is 3. The van der Waals surface area contributed by atoms with E-state index >= 15 is 0 Å². The van der Waals surface area contributed by atoms with Gasteiger partial charge in [0.15, 0.2) is 0 Å². The minimum atomic E-state index is -0.711. The molecule has 1 aromatic carbocycles. The molecule has 0 atom stereocenters. The van der Waals surface area contributed by atoms with Crippen molar-refractivity contribution in [2.45, 2.75) is 24.9 Å². The monoisotopic (exact) mass is 343 g/mol. The highest BCUT2D eigenvalue weighted by Crippen LogP contribution is 2.33. The van der Waals surface area contributed by atoms with Crippen LogP contribution in [0, 0.1) is 0 Å². The fourth-order valence-corrected chi connectivity index (χ4v) is 4.31. The Labute approximate surface area is 143 Å².